The van der Waals surface area contributed by atoms with Crippen molar-refractivity contribution in [2.75, 3.05) is 0 Å². The van der Waals surface area contributed by atoms with Gasteiger partial charge in [0.1, 0.15) is 0 Å². The fourth-order valence-corrected chi connectivity index (χ4v) is 0. The third-order valence-corrected chi connectivity index (χ3v) is 0. The smallest absolute Gasteiger partial charge is 0.521 e. The van der Waals surface area contributed by atoms with E-state index in [1.807, 2.05) is 0 Å². The molecule has 0 aromatic heterocycles. The van der Waals surface area contributed by atoms with Gasteiger partial charge >= 0.3 is 67.2 Å². The number of hydrogen-bond donors (Lipinski definition) is 4. The molecule has 0 aromatic carbocycles. The van der Waals surface area contributed by atoms with Crippen LogP contribution in [0.15, 0.2) is 6.58 Å². The van der Waals surface area contributed by atoms with Crippen molar-refractivity contribution in [2.45, 2.75) is 0 Å². The molecule has 44 valence electrons. The van der Waals surface area contributed by atoms with Crippen LogP contribution < -0.4 is 58.2 Å². The predicted octanol–water partition coefficient (Wildman–Crippen LogP) is -5.00. The van der Waals surface area contributed by atoms with Gasteiger partial charge in [-0.05, 0) is 0 Å². The van der Waals surface area contributed by atoms with Gasteiger partial charge in [0, 0.05) is 0 Å². The number of rotatable bonds is 0. The van der Waals surface area contributed by atoms with Gasteiger partial charge in [-0.15, -0.1) is 0 Å². The zero-order chi connectivity index (χ0) is 6.50. The molecule has 0 saturated heterocycles. The Kier molecular flexibility index (Phi) is 17.5. The Balaban J connectivity index is -0.0000000750. The molecular weight excluding hydrogens is 202 g/mol. The van der Waals surface area contributed by atoms with Crippen LogP contribution in [-0.4, -0.2) is 28.2 Å². The van der Waals surface area contributed by atoms with Crippen LogP contribution in [0.1, 0.15) is 0 Å². The molecule has 0 heterocycles. The molecule has 6 heteroatoms. The third-order valence-electron chi connectivity index (χ3n) is 0. The summed E-state index contributed by atoms with van der Waals surface area (Å²) in [6, 6.07) is 0. The van der Waals surface area contributed by atoms with Crippen LogP contribution in [0.2, 0.25) is 0 Å². The van der Waals surface area contributed by atoms with Crippen molar-refractivity contribution >= 4 is 9.05 Å². The number of hydrogen-bond acceptors (Lipinski definition) is 4. The van der Waals surface area contributed by atoms with Crippen LogP contribution in [0.3, 0.4) is 0 Å². The van der Waals surface area contributed by atoms with Crippen LogP contribution in [0.5, 0.6) is 0 Å². The van der Waals surface area contributed by atoms with Gasteiger partial charge in [-0.25, -0.2) is 0 Å². The molecule has 0 aliphatic heterocycles. The van der Waals surface area contributed by atoms with E-state index in [4.69, 9.17) is 19.2 Å². The van der Waals surface area contributed by atoms with Gasteiger partial charge in [-0.2, -0.15) is 0 Å². The predicted molar refractivity (Wildman–Crippen MR) is 24.6 cm³/mol. The molecule has 0 unspecified atom stereocenters. The quantitative estimate of drug-likeness (QED) is 0.238. The monoisotopic (exact) mass is 208 g/mol. The first-order valence-corrected chi connectivity index (χ1v) is 3.09. The maximum Gasteiger partial charge on any atom is 1.00 e. The second-order valence-corrected chi connectivity index (χ2v) is 1.80. The summed E-state index contributed by atoms with van der Waals surface area (Å²) in [5.41, 5.74) is 0. The molecule has 0 atom stereocenters. The molecule has 0 rings (SSSR count). The summed E-state index contributed by atoms with van der Waals surface area (Å²) < 4.78 is 0. The van der Waals surface area contributed by atoms with Gasteiger partial charge in [0.15, 0.2) is 0 Å². The normalized spacial score (nSPS) is 8.00. The molecule has 0 aliphatic carbocycles. The summed E-state index contributed by atoms with van der Waals surface area (Å²) in [4.78, 5) is 29.3. The fraction of sp³-hybridized carbons (Fsp3) is 0. The van der Waals surface area contributed by atoms with Crippen molar-refractivity contribution in [2.24, 2.45) is 0 Å². The SMILES string of the molecule is O[Si](O)(O)O.[CH-]=C.[Rb+]. The summed E-state index contributed by atoms with van der Waals surface area (Å²) in [6.07, 6.45) is 0. The fourth-order valence-electron chi connectivity index (χ4n) is 0. The summed E-state index contributed by atoms with van der Waals surface area (Å²) in [7, 11) is -4.61. The van der Waals surface area contributed by atoms with E-state index in [9.17, 15) is 0 Å². The average molecular weight is 209 g/mol. The van der Waals surface area contributed by atoms with Crippen LogP contribution in [0.25, 0.3) is 0 Å². The Bertz CT molecular complexity index is 37.8. The van der Waals surface area contributed by atoms with Gasteiger partial charge in [0.2, 0.25) is 0 Å². The standard InChI is InChI=1S/C2H3.H4O4Si.Rb/c1-2;1-5(2,3)4;/h1H,2H2;1-4H;/q-1;;+1. The first-order chi connectivity index (χ1) is 3.00. The molecule has 0 aromatic rings. The van der Waals surface area contributed by atoms with Crippen molar-refractivity contribution in [3.8, 4) is 0 Å². The van der Waals surface area contributed by atoms with E-state index >= 15 is 0 Å². The van der Waals surface area contributed by atoms with Crippen LogP contribution in [0, 0.1) is 6.58 Å². The molecule has 0 saturated carbocycles. The second kappa shape index (κ2) is 8.60. The minimum atomic E-state index is -4.61. The Morgan fingerprint density at radius 1 is 1.00 bits per heavy atom. The van der Waals surface area contributed by atoms with E-state index in [2.05, 4.69) is 13.2 Å². The van der Waals surface area contributed by atoms with E-state index in [0.29, 0.717) is 0 Å². The topological polar surface area (TPSA) is 80.9 Å². The van der Waals surface area contributed by atoms with E-state index < -0.39 is 9.05 Å². The van der Waals surface area contributed by atoms with E-state index in [-0.39, 0.29) is 58.2 Å². The molecule has 0 amide bonds. The van der Waals surface area contributed by atoms with Crippen molar-refractivity contribution in [1.82, 2.24) is 0 Å². The molecule has 4 N–H and O–H groups in total. The zero-order valence-electron chi connectivity index (χ0n) is 4.57. The molecule has 0 bridgehead atoms. The van der Waals surface area contributed by atoms with Gasteiger partial charge in [0.05, 0.1) is 0 Å². The summed E-state index contributed by atoms with van der Waals surface area (Å²) in [6.45, 7) is 7.00. The summed E-state index contributed by atoms with van der Waals surface area (Å²) >= 11 is 0. The minimum absolute atomic E-state index is 0. The van der Waals surface area contributed by atoms with Gasteiger partial charge < -0.3 is 25.8 Å². The zero-order valence-corrected chi connectivity index (χ0v) is 10.5. The molecule has 8 heavy (non-hydrogen) atoms. The maximum absolute atomic E-state index is 7.33. The Morgan fingerprint density at radius 3 is 1.00 bits per heavy atom. The van der Waals surface area contributed by atoms with Crippen molar-refractivity contribution in [1.29, 1.82) is 0 Å². The van der Waals surface area contributed by atoms with Crippen molar-refractivity contribution in [3.05, 3.63) is 13.2 Å². The van der Waals surface area contributed by atoms with Crippen molar-refractivity contribution in [3.63, 3.8) is 0 Å². The Hall–Kier alpha value is 1.60. The van der Waals surface area contributed by atoms with Crippen molar-refractivity contribution < 1.29 is 77.4 Å². The maximum atomic E-state index is 7.33. The average Bonchev–Trinajstić information content (AvgIpc) is 1.36. The largest absolute Gasteiger partial charge is 1.00 e. The second-order valence-electron chi connectivity index (χ2n) is 0.600. The summed E-state index contributed by atoms with van der Waals surface area (Å²) in [5.74, 6) is 0. The molecule has 4 nitrogen and oxygen atoms in total. The van der Waals surface area contributed by atoms with Gasteiger partial charge in [0.25, 0.3) is 0 Å². The Labute approximate surface area is 97.8 Å². The van der Waals surface area contributed by atoms with Gasteiger partial charge in [-0.1, -0.05) is 0 Å². The van der Waals surface area contributed by atoms with Crippen LogP contribution >= 0.6 is 0 Å². The first kappa shape index (κ1) is 16.3. The summed E-state index contributed by atoms with van der Waals surface area (Å²) in [5, 5.41) is 0. The van der Waals surface area contributed by atoms with Crippen LogP contribution in [0.4, 0.5) is 0 Å². The first-order valence-electron chi connectivity index (χ1n) is 1.30. The van der Waals surface area contributed by atoms with E-state index in [1.165, 1.54) is 0 Å². The third kappa shape index (κ3) is 129. The molecule has 0 spiro atoms. The van der Waals surface area contributed by atoms with Crippen LogP contribution in [-0.2, 0) is 0 Å². The minimum Gasteiger partial charge on any atom is -0.521 e. The Morgan fingerprint density at radius 2 is 1.00 bits per heavy atom. The molecule has 0 aliphatic rings. The van der Waals surface area contributed by atoms with Gasteiger partial charge in [-0.3, -0.25) is 6.58 Å². The molecular formula is C2H7O4RbSi. The van der Waals surface area contributed by atoms with E-state index in [0.717, 1.165) is 0 Å². The molecule has 0 fully saturated rings. The van der Waals surface area contributed by atoms with E-state index in [1.54, 1.807) is 0 Å². The molecule has 0 radical (unpaired) electrons.